The molecule has 1 aliphatic carbocycles. The summed E-state index contributed by atoms with van der Waals surface area (Å²) in [6.45, 7) is 4.30. The summed E-state index contributed by atoms with van der Waals surface area (Å²) in [5.41, 5.74) is 1.57. The van der Waals surface area contributed by atoms with Gasteiger partial charge in [0.2, 0.25) is 5.91 Å². The molecular formula is C28H36N2O5. The van der Waals surface area contributed by atoms with Crippen LogP contribution in [0.1, 0.15) is 63.1 Å². The molecule has 7 heteroatoms. The van der Waals surface area contributed by atoms with Crippen molar-refractivity contribution in [3.05, 3.63) is 53.6 Å². The number of benzene rings is 2. The van der Waals surface area contributed by atoms with Crippen LogP contribution in [0.3, 0.4) is 0 Å². The number of hydrogen-bond donors (Lipinski definition) is 0. The molecule has 0 radical (unpaired) electrons. The summed E-state index contributed by atoms with van der Waals surface area (Å²) in [6, 6.07) is 12.5. The van der Waals surface area contributed by atoms with E-state index in [0.29, 0.717) is 22.8 Å². The first-order valence-electron chi connectivity index (χ1n) is 12.5. The average Bonchev–Trinajstić information content (AvgIpc) is 2.87. The van der Waals surface area contributed by atoms with Crippen LogP contribution in [0.15, 0.2) is 42.5 Å². The number of hydrogen-bond acceptors (Lipinski definition) is 5. The Labute approximate surface area is 207 Å². The Kier molecular flexibility index (Phi) is 7.83. The van der Waals surface area contributed by atoms with Crippen LogP contribution in [-0.4, -0.2) is 54.5 Å². The maximum atomic E-state index is 14.0. The summed E-state index contributed by atoms with van der Waals surface area (Å²) in [7, 11) is 3.20. The fraction of sp³-hybridized carbons (Fsp3) is 0.500. The number of methoxy groups -OCH3 is 2. The zero-order chi connectivity index (χ0) is 24.9. The molecule has 188 valence electrons. The summed E-state index contributed by atoms with van der Waals surface area (Å²) in [5.74, 6) is 1.75. The molecule has 1 aliphatic heterocycles. The normalized spacial score (nSPS) is 19.3. The van der Waals surface area contributed by atoms with E-state index in [2.05, 4.69) is 0 Å². The zero-order valence-electron chi connectivity index (χ0n) is 21.2. The fourth-order valence-corrected chi connectivity index (χ4v) is 5.18. The second kappa shape index (κ2) is 11.0. The smallest absolute Gasteiger partial charge is 0.250 e. The largest absolute Gasteiger partial charge is 0.496 e. The maximum Gasteiger partial charge on any atom is 0.250 e. The lowest BCUT2D eigenvalue weighted by atomic mass is 9.91. The SMILES string of the molecule is COc1ccccc1CN1C(=O)CN(C2CCCCC2)C(=O)C1c1ccc(OC(C)C)c(OC)c1. The van der Waals surface area contributed by atoms with Crippen molar-refractivity contribution in [1.82, 2.24) is 9.80 Å². The molecule has 1 heterocycles. The van der Waals surface area contributed by atoms with Crippen molar-refractivity contribution in [2.45, 2.75) is 70.7 Å². The second-order valence-corrected chi connectivity index (χ2v) is 9.57. The molecule has 0 aromatic heterocycles. The van der Waals surface area contributed by atoms with Crippen molar-refractivity contribution in [2.75, 3.05) is 20.8 Å². The molecule has 2 aliphatic rings. The van der Waals surface area contributed by atoms with Gasteiger partial charge in [0.05, 0.1) is 26.9 Å². The van der Waals surface area contributed by atoms with E-state index in [1.807, 2.05) is 61.2 Å². The highest BCUT2D eigenvalue weighted by Gasteiger charge is 2.43. The first-order valence-corrected chi connectivity index (χ1v) is 12.5. The third-order valence-corrected chi connectivity index (χ3v) is 6.87. The van der Waals surface area contributed by atoms with Crippen LogP contribution in [0.2, 0.25) is 0 Å². The Morgan fingerprint density at radius 2 is 1.63 bits per heavy atom. The zero-order valence-corrected chi connectivity index (χ0v) is 21.2. The molecular weight excluding hydrogens is 444 g/mol. The van der Waals surface area contributed by atoms with Crippen LogP contribution in [-0.2, 0) is 16.1 Å². The number of carbonyl (C=O) groups is 2. The molecule has 4 rings (SSSR count). The standard InChI is InChI=1S/C28H36N2O5/c1-19(2)35-24-15-14-20(16-25(24)34-4)27-28(32)29(22-11-6-5-7-12-22)18-26(31)30(27)17-21-10-8-9-13-23(21)33-3/h8-10,13-16,19,22,27H,5-7,11-12,17-18H2,1-4H3. The number of piperazine rings is 1. The lowest BCUT2D eigenvalue weighted by Gasteiger charge is -2.44. The Balaban J connectivity index is 1.73. The van der Waals surface area contributed by atoms with Gasteiger partial charge >= 0.3 is 0 Å². The molecule has 1 saturated carbocycles. The molecule has 1 atom stereocenters. The number of nitrogens with zero attached hydrogens (tertiary/aromatic N) is 2. The van der Waals surface area contributed by atoms with Crippen LogP contribution >= 0.6 is 0 Å². The van der Waals surface area contributed by atoms with Crippen LogP contribution < -0.4 is 14.2 Å². The fourth-order valence-electron chi connectivity index (χ4n) is 5.18. The third kappa shape index (κ3) is 5.39. The minimum Gasteiger partial charge on any atom is -0.496 e. The van der Waals surface area contributed by atoms with E-state index < -0.39 is 6.04 Å². The number of carbonyl (C=O) groups excluding carboxylic acids is 2. The Morgan fingerprint density at radius 1 is 0.914 bits per heavy atom. The van der Waals surface area contributed by atoms with E-state index in [9.17, 15) is 9.59 Å². The second-order valence-electron chi connectivity index (χ2n) is 9.57. The minimum absolute atomic E-state index is 0.0172. The van der Waals surface area contributed by atoms with Crippen LogP contribution in [0.5, 0.6) is 17.2 Å². The molecule has 2 amide bonds. The predicted molar refractivity (Wildman–Crippen MR) is 134 cm³/mol. The van der Waals surface area contributed by atoms with Crippen molar-refractivity contribution in [1.29, 1.82) is 0 Å². The highest BCUT2D eigenvalue weighted by atomic mass is 16.5. The van der Waals surface area contributed by atoms with Crippen LogP contribution in [0, 0.1) is 0 Å². The van der Waals surface area contributed by atoms with Gasteiger partial charge < -0.3 is 24.0 Å². The van der Waals surface area contributed by atoms with Gasteiger partial charge in [-0.25, -0.2) is 0 Å². The van der Waals surface area contributed by atoms with Gasteiger partial charge in [-0.2, -0.15) is 0 Å². The molecule has 1 unspecified atom stereocenters. The molecule has 0 bridgehead atoms. The van der Waals surface area contributed by atoms with E-state index in [0.717, 1.165) is 31.2 Å². The van der Waals surface area contributed by atoms with Gasteiger partial charge in [0.15, 0.2) is 11.5 Å². The highest BCUT2D eigenvalue weighted by molar-refractivity contribution is 5.96. The quantitative estimate of drug-likeness (QED) is 0.546. The molecule has 35 heavy (non-hydrogen) atoms. The number of para-hydroxylation sites is 1. The van der Waals surface area contributed by atoms with E-state index in [1.165, 1.54) is 6.42 Å². The average molecular weight is 481 g/mol. The lowest BCUT2D eigenvalue weighted by molar-refractivity contribution is -0.160. The number of rotatable bonds is 8. The minimum atomic E-state index is -0.745. The van der Waals surface area contributed by atoms with Crippen molar-refractivity contribution in [3.8, 4) is 17.2 Å². The molecule has 0 spiro atoms. The first-order chi connectivity index (χ1) is 16.9. The summed E-state index contributed by atoms with van der Waals surface area (Å²) in [6.07, 6.45) is 5.24. The number of ether oxygens (including phenoxy) is 3. The molecule has 2 fully saturated rings. The summed E-state index contributed by atoms with van der Waals surface area (Å²) in [5, 5.41) is 0. The van der Waals surface area contributed by atoms with Gasteiger partial charge in [-0.05, 0) is 50.5 Å². The lowest BCUT2D eigenvalue weighted by Crippen LogP contribution is -2.58. The first kappa shape index (κ1) is 24.9. The van der Waals surface area contributed by atoms with Crippen molar-refractivity contribution < 1.29 is 23.8 Å². The third-order valence-electron chi connectivity index (χ3n) is 6.87. The molecule has 2 aromatic carbocycles. The van der Waals surface area contributed by atoms with E-state index in [4.69, 9.17) is 14.2 Å². The van der Waals surface area contributed by atoms with Crippen LogP contribution in [0.4, 0.5) is 0 Å². The van der Waals surface area contributed by atoms with Gasteiger partial charge in [-0.1, -0.05) is 43.5 Å². The van der Waals surface area contributed by atoms with Crippen LogP contribution in [0.25, 0.3) is 0 Å². The van der Waals surface area contributed by atoms with Crippen molar-refractivity contribution >= 4 is 11.8 Å². The highest BCUT2D eigenvalue weighted by Crippen LogP contribution is 2.38. The van der Waals surface area contributed by atoms with E-state index in [-0.39, 0.29) is 37.0 Å². The van der Waals surface area contributed by atoms with Gasteiger partial charge in [0, 0.05) is 11.6 Å². The topological polar surface area (TPSA) is 68.3 Å². The number of amides is 2. The Hall–Kier alpha value is -3.22. The van der Waals surface area contributed by atoms with Gasteiger partial charge in [-0.3, -0.25) is 9.59 Å². The van der Waals surface area contributed by atoms with Crippen molar-refractivity contribution in [3.63, 3.8) is 0 Å². The van der Waals surface area contributed by atoms with Gasteiger partial charge in [-0.15, -0.1) is 0 Å². The van der Waals surface area contributed by atoms with E-state index >= 15 is 0 Å². The summed E-state index contributed by atoms with van der Waals surface area (Å²) < 4.78 is 17.0. The summed E-state index contributed by atoms with van der Waals surface area (Å²) in [4.78, 5) is 31.1. The van der Waals surface area contributed by atoms with Crippen molar-refractivity contribution in [2.24, 2.45) is 0 Å². The summed E-state index contributed by atoms with van der Waals surface area (Å²) >= 11 is 0. The Bertz CT molecular complexity index is 1050. The Morgan fingerprint density at radius 3 is 2.31 bits per heavy atom. The van der Waals surface area contributed by atoms with E-state index in [1.54, 1.807) is 19.1 Å². The molecule has 1 saturated heterocycles. The monoisotopic (exact) mass is 480 g/mol. The van der Waals surface area contributed by atoms with Gasteiger partial charge in [0.25, 0.3) is 5.91 Å². The maximum absolute atomic E-state index is 14.0. The molecule has 0 N–H and O–H groups in total. The molecule has 2 aromatic rings. The van der Waals surface area contributed by atoms with Gasteiger partial charge in [0.1, 0.15) is 18.3 Å². The molecule has 7 nitrogen and oxygen atoms in total. The predicted octanol–water partition coefficient (Wildman–Crippen LogP) is 4.74.